The summed E-state index contributed by atoms with van der Waals surface area (Å²) in [6.07, 6.45) is 8.22. The number of aromatic amines is 1. The van der Waals surface area contributed by atoms with Gasteiger partial charge in [-0.05, 0) is 49.4 Å². The van der Waals surface area contributed by atoms with Crippen LogP contribution in [0.15, 0.2) is 42.5 Å². The first-order chi connectivity index (χ1) is 14.2. The van der Waals surface area contributed by atoms with E-state index in [4.69, 9.17) is 5.73 Å². The van der Waals surface area contributed by atoms with Gasteiger partial charge in [-0.3, -0.25) is 9.69 Å². The molecular weight excluding hydrogens is 360 g/mol. The summed E-state index contributed by atoms with van der Waals surface area (Å²) in [5, 5.41) is 0. The number of nitrogens with one attached hydrogen (secondary N) is 1. The highest BCUT2D eigenvalue weighted by atomic mass is 16.1. The van der Waals surface area contributed by atoms with Crippen LogP contribution < -0.4 is 5.73 Å². The maximum Gasteiger partial charge on any atom is 0.250 e. The Morgan fingerprint density at radius 2 is 1.83 bits per heavy atom. The highest BCUT2D eigenvalue weighted by Gasteiger charge is 2.29. The van der Waals surface area contributed by atoms with E-state index < -0.39 is 5.91 Å². The Balaban J connectivity index is 1.34. The number of benzene rings is 2. The van der Waals surface area contributed by atoms with E-state index in [-0.39, 0.29) is 0 Å². The van der Waals surface area contributed by atoms with E-state index >= 15 is 0 Å². The predicted molar refractivity (Wildman–Crippen MR) is 116 cm³/mol. The minimum Gasteiger partial charge on any atom is -0.366 e. The van der Waals surface area contributed by atoms with Gasteiger partial charge in [0.05, 0.1) is 11.1 Å². The number of fused-ring (bicyclic) bond motifs is 1. The number of hydrogen-bond donors (Lipinski definition) is 2. The highest BCUT2D eigenvalue weighted by Crippen LogP contribution is 2.33. The average Bonchev–Trinajstić information content (AvgIpc) is 3.41. The van der Waals surface area contributed by atoms with Crippen molar-refractivity contribution in [2.45, 2.75) is 50.5 Å². The average molecular weight is 389 g/mol. The van der Waals surface area contributed by atoms with Crippen molar-refractivity contribution >= 4 is 16.9 Å². The molecule has 5 rings (SSSR count). The maximum absolute atomic E-state index is 11.7. The van der Waals surface area contributed by atoms with Crippen LogP contribution in [0.5, 0.6) is 0 Å². The van der Waals surface area contributed by atoms with Gasteiger partial charge in [0.15, 0.2) is 0 Å². The zero-order chi connectivity index (χ0) is 19.8. The number of hydrogen-bond acceptors (Lipinski definition) is 3. The van der Waals surface area contributed by atoms with Gasteiger partial charge in [0.2, 0.25) is 0 Å². The summed E-state index contributed by atoms with van der Waals surface area (Å²) in [6.45, 7) is 2.42. The molecule has 2 aromatic carbocycles. The Labute approximate surface area is 171 Å². The summed E-state index contributed by atoms with van der Waals surface area (Å²) in [6, 6.07) is 15.0. The number of para-hydroxylation sites is 1. The van der Waals surface area contributed by atoms with E-state index in [1.165, 1.54) is 57.2 Å². The van der Waals surface area contributed by atoms with Gasteiger partial charge >= 0.3 is 0 Å². The van der Waals surface area contributed by atoms with Crippen LogP contribution in [0.2, 0.25) is 0 Å². The van der Waals surface area contributed by atoms with Gasteiger partial charge in [-0.25, -0.2) is 4.98 Å². The van der Waals surface area contributed by atoms with Crippen molar-refractivity contribution in [1.82, 2.24) is 14.9 Å². The maximum atomic E-state index is 11.7. The van der Waals surface area contributed by atoms with Crippen LogP contribution in [0.1, 0.15) is 60.4 Å². The monoisotopic (exact) mass is 388 g/mol. The summed E-state index contributed by atoms with van der Waals surface area (Å²) in [4.78, 5) is 22.3. The first-order valence-corrected chi connectivity index (χ1v) is 10.8. The van der Waals surface area contributed by atoms with Crippen LogP contribution in [0.3, 0.4) is 0 Å². The first kappa shape index (κ1) is 18.4. The standard InChI is InChI=1S/C24H28N4O/c25-23(29)20-7-4-8-21-22(20)27-24(26-21)17-11-9-16(10-12-17)18-13-14-28(15-18)19-5-2-1-3-6-19/h4,7-12,18-19H,1-3,5-6,13-15H2,(H2,25,29)(H,26,27). The van der Waals surface area contributed by atoms with E-state index in [9.17, 15) is 4.79 Å². The second-order valence-corrected chi connectivity index (χ2v) is 8.55. The number of aromatic nitrogens is 2. The van der Waals surface area contributed by atoms with Crippen LogP contribution >= 0.6 is 0 Å². The molecule has 0 radical (unpaired) electrons. The molecule has 1 saturated carbocycles. The van der Waals surface area contributed by atoms with Gasteiger partial charge in [-0.2, -0.15) is 0 Å². The van der Waals surface area contributed by atoms with Gasteiger partial charge in [-0.15, -0.1) is 0 Å². The lowest BCUT2D eigenvalue weighted by Crippen LogP contribution is -2.34. The molecule has 1 atom stereocenters. The van der Waals surface area contributed by atoms with Crippen LogP contribution in [-0.4, -0.2) is 39.9 Å². The molecule has 1 saturated heterocycles. The number of nitrogens with two attached hydrogens (primary N) is 1. The molecule has 1 amide bonds. The number of carbonyl (C=O) groups excluding carboxylic acids is 1. The molecule has 1 aliphatic carbocycles. The third-order valence-corrected chi connectivity index (χ3v) is 6.74. The summed E-state index contributed by atoms with van der Waals surface area (Å²) >= 11 is 0. The molecule has 2 aliphatic rings. The minimum absolute atomic E-state index is 0.451. The number of primary amides is 1. The molecule has 3 N–H and O–H groups in total. The molecule has 5 nitrogen and oxygen atoms in total. The Kier molecular flexibility index (Phi) is 4.84. The van der Waals surface area contributed by atoms with Gasteiger partial charge in [0, 0.05) is 18.2 Å². The van der Waals surface area contributed by atoms with E-state index in [0.29, 0.717) is 17.0 Å². The summed E-state index contributed by atoms with van der Waals surface area (Å²) in [7, 11) is 0. The molecule has 2 heterocycles. The van der Waals surface area contributed by atoms with E-state index in [0.717, 1.165) is 22.9 Å². The van der Waals surface area contributed by atoms with Gasteiger partial charge < -0.3 is 10.7 Å². The number of imidazole rings is 1. The van der Waals surface area contributed by atoms with Crippen LogP contribution in [-0.2, 0) is 0 Å². The van der Waals surface area contributed by atoms with Crippen molar-refractivity contribution < 1.29 is 4.79 Å². The molecule has 3 aromatic rings. The van der Waals surface area contributed by atoms with E-state index in [1.54, 1.807) is 6.07 Å². The van der Waals surface area contributed by atoms with E-state index in [2.05, 4.69) is 39.1 Å². The Bertz CT molecular complexity index is 1020. The molecule has 2 fully saturated rings. The summed E-state index contributed by atoms with van der Waals surface area (Å²) in [5.74, 6) is 0.950. The van der Waals surface area contributed by atoms with Gasteiger partial charge in [0.25, 0.3) is 5.91 Å². The molecule has 1 aromatic heterocycles. The fraction of sp³-hybridized carbons (Fsp3) is 0.417. The van der Waals surface area contributed by atoms with Crippen LogP contribution in [0.25, 0.3) is 22.4 Å². The second kappa shape index (κ2) is 7.64. The molecule has 5 heteroatoms. The van der Waals surface area contributed by atoms with Crippen LogP contribution in [0.4, 0.5) is 0 Å². The lowest BCUT2D eigenvalue weighted by molar-refractivity contribution is 0.100. The topological polar surface area (TPSA) is 75.0 Å². The zero-order valence-electron chi connectivity index (χ0n) is 16.7. The number of amides is 1. The normalized spacial score (nSPS) is 21.0. The van der Waals surface area contributed by atoms with Crippen molar-refractivity contribution in [3.8, 4) is 11.4 Å². The van der Waals surface area contributed by atoms with Crippen LogP contribution in [0, 0.1) is 0 Å². The number of rotatable bonds is 4. The number of nitrogens with zero attached hydrogens (tertiary/aromatic N) is 2. The molecule has 0 bridgehead atoms. The van der Waals surface area contributed by atoms with Crippen molar-refractivity contribution in [3.63, 3.8) is 0 Å². The van der Waals surface area contributed by atoms with Crippen molar-refractivity contribution in [3.05, 3.63) is 53.6 Å². The molecule has 0 spiro atoms. The lowest BCUT2D eigenvalue weighted by atomic mass is 9.94. The molecule has 29 heavy (non-hydrogen) atoms. The van der Waals surface area contributed by atoms with E-state index in [1.807, 2.05) is 12.1 Å². The fourth-order valence-electron chi connectivity index (χ4n) is 5.12. The third kappa shape index (κ3) is 3.55. The second-order valence-electron chi connectivity index (χ2n) is 8.55. The lowest BCUT2D eigenvalue weighted by Gasteiger charge is -2.31. The fourth-order valence-corrected chi connectivity index (χ4v) is 5.12. The summed E-state index contributed by atoms with van der Waals surface area (Å²) in [5.41, 5.74) is 9.86. The quantitative estimate of drug-likeness (QED) is 0.693. The predicted octanol–water partition coefficient (Wildman–Crippen LogP) is 4.45. The van der Waals surface area contributed by atoms with Crippen molar-refractivity contribution in [2.24, 2.45) is 5.73 Å². The zero-order valence-corrected chi connectivity index (χ0v) is 16.7. The summed E-state index contributed by atoms with van der Waals surface area (Å²) < 4.78 is 0. The SMILES string of the molecule is NC(=O)c1cccc2[nH]c(-c3ccc(C4CCN(C5CCCCC5)C4)cc3)nc12. The molecule has 150 valence electrons. The largest absolute Gasteiger partial charge is 0.366 e. The van der Waals surface area contributed by atoms with Gasteiger partial charge in [0.1, 0.15) is 11.3 Å². The first-order valence-electron chi connectivity index (χ1n) is 10.8. The molecular formula is C24H28N4O. The third-order valence-electron chi connectivity index (χ3n) is 6.74. The number of H-pyrrole nitrogens is 1. The minimum atomic E-state index is -0.451. The highest BCUT2D eigenvalue weighted by molar-refractivity contribution is 6.04. The number of likely N-dealkylation sites (tertiary alicyclic amines) is 1. The molecule has 1 aliphatic heterocycles. The van der Waals surface area contributed by atoms with Crippen molar-refractivity contribution in [1.29, 1.82) is 0 Å². The Morgan fingerprint density at radius 3 is 2.59 bits per heavy atom. The smallest absolute Gasteiger partial charge is 0.250 e. The van der Waals surface area contributed by atoms with Crippen molar-refractivity contribution in [2.75, 3.05) is 13.1 Å². The van der Waals surface area contributed by atoms with Gasteiger partial charge in [-0.1, -0.05) is 49.6 Å². The Morgan fingerprint density at radius 1 is 1.03 bits per heavy atom. The number of carbonyl (C=O) groups is 1. The Hall–Kier alpha value is -2.66. The molecule has 1 unspecified atom stereocenters.